The molecule has 0 bridgehead atoms. The Bertz CT molecular complexity index is 1240. The summed E-state index contributed by atoms with van der Waals surface area (Å²) in [5.41, 5.74) is 3.67. The smallest absolute Gasteiger partial charge is 0.305 e. The Morgan fingerprint density at radius 1 is 1.28 bits per heavy atom. The van der Waals surface area contributed by atoms with Gasteiger partial charge in [0.15, 0.2) is 0 Å². The van der Waals surface area contributed by atoms with Gasteiger partial charge in [-0.3, -0.25) is 9.59 Å². The first-order valence-corrected chi connectivity index (χ1v) is 12.5. The lowest BCUT2D eigenvalue weighted by Gasteiger charge is -2.34. The first-order valence-electron chi connectivity index (χ1n) is 12.5. The molecule has 188 valence electrons. The summed E-state index contributed by atoms with van der Waals surface area (Å²) in [5, 5.41) is 13.1. The number of hydrogen-bond donors (Lipinski definition) is 2. The molecule has 5 rings (SSSR count). The number of carbonyl (C=O) groups is 2. The molecule has 0 saturated carbocycles. The van der Waals surface area contributed by atoms with Gasteiger partial charge in [-0.1, -0.05) is 12.1 Å². The van der Waals surface area contributed by atoms with Gasteiger partial charge in [-0.15, -0.1) is 0 Å². The molecule has 1 unspecified atom stereocenters. The topological polar surface area (TPSA) is 110 Å². The number of aliphatic carboxylic acids is 1. The van der Waals surface area contributed by atoms with Crippen LogP contribution in [0.4, 0.5) is 5.82 Å². The van der Waals surface area contributed by atoms with Crippen LogP contribution in [-0.4, -0.2) is 55.6 Å². The highest BCUT2D eigenvalue weighted by Crippen LogP contribution is 2.30. The lowest BCUT2D eigenvalue weighted by Crippen LogP contribution is -2.43. The molecule has 3 aromatic rings. The van der Waals surface area contributed by atoms with Crippen LogP contribution in [0.15, 0.2) is 48.9 Å². The van der Waals surface area contributed by atoms with E-state index >= 15 is 0 Å². The minimum atomic E-state index is -0.959. The number of carboxylic acid groups (broad SMARTS) is 1. The number of carboxylic acids is 1. The quantitative estimate of drug-likeness (QED) is 0.472. The number of aryl methyl sites for hydroxylation is 2. The molecule has 0 radical (unpaired) electrons. The zero-order chi connectivity index (χ0) is 25.1. The first-order chi connectivity index (χ1) is 17.5. The van der Waals surface area contributed by atoms with Crippen molar-refractivity contribution in [2.75, 3.05) is 18.5 Å². The minimum absolute atomic E-state index is 0.151. The highest BCUT2D eigenvalue weighted by atomic mass is 16.5. The molecule has 2 N–H and O–H groups in total. The monoisotopic (exact) mass is 489 g/mol. The maximum Gasteiger partial charge on any atom is 0.305 e. The number of pyridine rings is 2. The Morgan fingerprint density at radius 2 is 2.17 bits per heavy atom. The minimum Gasteiger partial charge on any atom is -0.481 e. The van der Waals surface area contributed by atoms with Gasteiger partial charge in [0.1, 0.15) is 11.5 Å². The van der Waals surface area contributed by atoms with Crippen LogP contribution in [0.5, 0.6) is 5.88 Å². The second-order valence-electron chi connectivity index (χ2n) is 9.33. The molecule has 2 aliphatic heterocycles. The molecule has 9 heteroatoms. The Morgan fingerprint density at radius 3 is 2.94 bits per heavy atom. The van der Waals surface area contributed by atoms with Crippen LogP contribution in [-0.2, 0) is 24.2 Å². The second-order valence-corrected chi connectivity index (χ2v) is 9.33. The van der Waals surface area contributed by atoms with Gasteiger partial charge in [0.25, 0.3) is 5.91 Å². The summed E-state index contributed by atoms with van der Waals surface area (Å²) in [4.78, 5) is 35.5. The fraction of sp³-hybridized carbons (Fsp3) is 0.407. The summed E-state index contributed by atoms with van der Waals surface area (Å²) < 4.78 is 7.40. The number of carbonyl (C=O) groups excluding carboxylic acids is 1. The van der Waals surface area contributed by atoms with Crippen LogP contribution in [0, 0.1) is 0 Å². The molecule has 0 aliphatic carbocycles. The summed E-state index contributed by atoms with van der Waals surface area (Å²) in [7, 11) is 0. The molecule has 1 amide bonds. The molecular weight excluding hydrogens is 458 g/mol. The van der Waals surface area contributed by atoms with E-state index in [4.69, 9.17) is 4.74 Å². The van der Waals surface area contributed by atoms with Gasteiger partial charge in [-0.05, 0) is 61.4 Å². The van der Waals surface area contributed by atoms with Crippen LogP contribution in [0.25, 0.3) is 0 Å². The number of amides is 1. The summed E-state index contributed by atoms with van der Waals surface area (Å²) in [6, 6.07) is 9.32. The van der Waals surface area contributed by atoms with Crippen LogP contribution in [0.2, 0.25) is 0 Å². The van der Waals surface area contributed by atoms with Crippen molar-refractivity contribution in [1.82, 2.24) is 19.4 Å². The summed E-state index contributed by atoms with van der Waals surface area (Å²) in [6.07, 6.45) is 9.19. The SMILES string of the molecule is CCOc1ccc([C@H](CC(=O)O)N2CCn3cc(CCC4CCc5cccnc5N4)cc3C2=O)cn1. The Labute approximate surface area is 210 Å². The van der Waals surface area contributed by atoms with E-state index < -0.39 is 12.0 Å². The van der Waals surface area contributed by atoms with E-state index in [-0.39, 0.29) is 12.3 Å². The number of hydrogen-bond acceptors (Lipinski definition) is 6. The molecule has 0 aromatic carbocycles. The number of nitrogens with zero attached hydrogens (tertiary/aromatic N) is 4. The van der Waals surface area contributed by atoms with E-state index in [1.165, 1.54) is 5.56 Å². The largest absolute Gasteiger partial charge is 0.481 e. The van der Waals surface area contributed by atoms with Crippen molar-refractivity contribution >= 4 is 17.7 Å². The lowest BCUT2D eigenvalue weighted by molar-refractivity contribution is -0.138. The van der Waals surface area contributed by atoms with E-state index in [0.717, 1.165) is 37.1 Å². The molecule has 2 atom stereocenters. The molecule has 2 aliphatic rings. The maximum absolute atomic E-state index is 13.5. The number of ether oxygens (including phenoxy) is 1. The summed E-state index contributed by atoms with van der Waals surface area (Å²) in [6.45, 7) is 3.44. The normalized spacial score (nSPS) is 17.6. The predicted octanol–water partition coefficient (Wildman–Crippen LogP) is 3.71. The highest BCUT2D eigenvalue weighted by Gasteiger charge is 2.33. The Kier molecular flexibility index (Phi) is 6.88. The molecular formula is C27H31N5O4. The van der Waals surface area contributed by atoms with Crippen molar-refractivity contribution in [3.63, 3.8) is 0 Å². The van der Waals surface area contributed by atoms with Gasteiger partial charge in [0.05, 0.1) is 19.1 Å². The third-order valence-electron chi connectivity index (χ3n) is 6.97. The molecule has 0 fully saturated rings. The molecule has 0 saturated heterocycles. The fourth-order valence-corrected chi connectivity index (χ4v) is 5.15. The molecule has 36 heavy (non-hydrogen) atoms. The van der Waals surface area contributed by atoms with E-state index in [2.05, 4.69) is 27.5 Å². The van der Waals surface area contributed by atoms with Crippen LogP contribution < -0.4 is 10.1 Å². The number of nitrogens with one attached hydrogen (secondary N) is 1. The average Bonchev–Trinajstić information content (AvgIpc) is 3.31. The van der Waals surface area contributed by atoms with Gasteiger partial charge in [0, 0.05) is 43.8 Å². The van der Waals surface area contributed by atoms with Crippen molar-refractivity contribution in [3.8, 4) is 5.88 Å². The molecule has 5 heterocycles. The third-order valence-corrected chi connectivity index (χ3v) is 6.97. The number of aromatic nitrogens is 3. The zero-order valence-electron chi connectivity index (χ0n) is 20.4. The van der Waals surface area contributed by atoms with E-state index in [0.29, 0.717) is 42.9 Å². The molecule has 0 spiro atoms. The van der Waals surface area contributed by atoms with E-state index in [1.54, 1.807) is 23.2 Å². The van der Waals surface area contributed by atoms with Crippen molar-refractivity contribution in [2.24, 2.45) is 0 Å². The van der Waals surface area contributed by atoms with Crippen LogP contribution >= 0.6 is 0 Å². The zero-order valence-corrected chi connectivity index (χ0v) is 20.4. The van der Waals surface area contributed by atoms with Gasteiger partial charge in [0.2, 0.25) is 5.88 Å². The highest BCUT2D eigenvalue weighted by molar-refractivity contribution is 5.94. The van der Waals surface area contributed by atoms with Crippen molar-refractivity contribution in [1.29, 1.82) is 0 Å². The number of anilines is 1. The second kappa shape index (κ2) is 10.4. The third kappa shape index (κ3) is 5.05. The van der Waals surface area contributed by atoms with Gasteiger partial charge >= 0.3 is 5.97 Å². The predicted molar refractivity (Wildman–Crippen MR) is 134 cm³/mol. The van der Waals surface area contributed by atoms with Crippen molar-refractivity contribution < 1.29 is 19.4 Å². The van der Waals surface area contributed by atoms with E-state index in [1.807, 2.05) is 29.8 Å². The molecule has 3 aromatic heterocycles. The number of fused-ring (bicyclic) bond motifs is 2. The Hall–Kier alpha value is -3.88. The van der Waals surface area contributed by atoms with Gasteiger partial charge in [-0.2, -0.15) is 0 Å². The van der Waals surface area contributed by atoms with Crippen LogP contribution in [0.3, 0.4) is 0 Å². The molecule has 9 nitrogen and oxygen atoms in total. The number of rotatable bonds is 9. The Balaban J connectivity index is 1.28. The van der Waals surface area contributed by atoms with Crippen molar-refractivity contribution in [2.45, 2.75) is 57.7 Å². The van der Waals surface area contributed by atoms with Gasteiger partial charge in [-0.25, -0.2) is 9.97 Å². The summed E-state index contributed by atoms with van der Waals surface area (Å²) >= 11 is 0. The summed E-state index contributed by atoms with van der Waals surface area (Å²) in [5.74, 6) is 0.343. The van der Waals surface area contributed by atoms with Crippen LogP contribution in [0.1, 0.15) is 59.4 Å². The average molecular weight is 490 g/mol. The first kappa shape index (κ1) is 23.8. The maximum atomic E-state index is 13.5. The van der Waals surface area contributed by atoms with E-state index in [9.17, 15) is 14.7 Å². The standard InChI is InChI=1S/C27H31N5O4/c1-2-36-24-10-7-20(16-29-24)22(15-25(33)34)32-13-12-31-17-18(14-23(31)27(32)35)5-8-21-9-6-19-4-3-11-28-26(19)30-21/h3-4,7,10-11,14,16-17,21-22H,2,5-6,8-9,12-13,15H2,1H3,(H,28,30)(H,33,34)/t21?,22-/m0/s1. The van der Waals surface area contributed by atoms with Crippen molar-refractivity contribution in [3.05, 3.63) is 71.3 Å². The lowest BCUT2D eigenvalue weighted by atomic mass is 9.96. The van der Waals surface area contributed by atoms with Gasteiger partial charge < -0.3 is 24.6 Å². The fourth-order valence-electron chi connectivity index (χ4n) is 5.15.